The van der Waals surface area contributed by atoms with Crippen LogP contribution >= 0.6 is 12.6 Å². The quantitative estimate of drug-likeness (QED) is 0.312. The van der Waals surface area contributed by atoms with Crippen molar-refractivity contribution in [2.45, 2.75) is 19.9 Å². The molecule has 7 nitrogen and oxygen atoms in total. The van der Waals surface area contributed by atoms with Crippen molar-refractivity contribution in [3.63, 3.8) is 0 Å². The summed E-state index contributed by atoms with van der Waals surface area (Å²) in [6.45, 7) is 2.83. The van der Waals surface area contributed by atoms with Crippen LogP contribution in [-0.2, 0) is 24.2 Å². The van der Waals surface area contributed by atoms with Crippen LogP contribution in [0.3, 0.4) is 0 Å². The van der Waals surface area contributed by atoms with Crippen LogP contribution in [0.4, 0.5) is 0 Å². The number of nitrogens with one attached hydrogen (secondary N) is 2. The molecule has 2 amide bonds. The first kappa shape index (κ1) is 15.7. The van der Waals surface area contributed by atoms with E-state index in [0.717, 1.165) is 0 Å². The van der Waals surface area contributed by atoms with Gasteiger partial charge in [-0.3, -0.25) is 14.5 Å². The van der Waals surface area contributed by atoms with E-state index < -0.39 is 17.9 Å². The number of amides is 2. The molecular formula is C9H16N2O5S. The van der Waals surface area contributed by atoms with Gasteiger partial charge in [0.15, 0.2) is 0 Å². The number of rotatable bonds is 7. The van der Waals surface area contributed by atoms with Crippen molar-refractivity contribution in [1.29, 1.82) is 0 Å². The summed E-state index contributed by atoms with van der Waals surface area (Å²) >= 11 is 3.91. The minimum Gasteiger partial charge on any atom is -0.344 e. The fourth-order valence-corrected chi connectivity index (χ4v) is 1.13. The molecule has 1 atom stereocenters. The van der Waals surface area contributed by atoms with Crippen LogP contribution in [0.25, 0.3) is 0 Å². The molecule has 0 rings (SSSR count). The number of hydrogen-bond donors (Lipinski definition) is 3. The van der Waals surface area contributed by atoms with E-state index in [4.69, 9.17) is 0 Å². The Kier molecular flexibility index (Phi) is 8.16. The molecule has 0 aliphatic heterocycles. The van der Waals surface area contributed by atoms with Gasteiger partial charge in [0.05, 0.1) is 6.61 Å². The summed E-state index contributed by atoms with van der Waals surface area (Å²) in [6.07, 6.45) is 0. The van der Waals surface area contributed by atoms with E-state index in [-0.39, 0.29) is 24.8 Å². The first-order valence-electron chi connectivity index (χ1n) is 4.99. The van der Waals surface area contributed by atoms with Crippen LogP contribution in [0.5, 0.6) is 0 Å². The number of hydrogen-bond acceptors (Lipinski definition) is 6. The fraction of sp³-hybridized carbons (Fsp3) is 0.667. The number of carbonyl (C=O) groups is 3. The normalized spacial score (nSPS) is 11.5. The minimum absolute atomic E-state index is 0.131. The Hall–Kier alpha value is -1.28. The Morgan fingerprint density at radius 3 is 2.47 bits per heavy atom. The molecule has 0 fully saturated rings. The van der Waals surface area contributed by atoms with Gasteiger partial charge in [0.2, 0.25) is 11.8 Å². The SMILES string of the molecule is CCOOC(=O)CNC(=O)[C@H](CS)NC(C)=O. The van der Waals surface area contributed by atoms with Gasteiger partial charge < -0.3 is 10.6 Å². The topological polar surface area (TPSA) is 93.7 Å². The third kappa shape index (κ3) is 7.58. The standard InChI is InChI=1S/C9H16N2O5S/c1-3-15-16-8(13)4-10-9(14)7(5-17)11-6(2)12/h7,17H,3-5H2,1-2H3,(H,10,14)(H,11,12)/t7-/m0/s1. The van der Waals surface area contributed by atoms with E-state index in [1.807, 2.05) is 0 Å². The van der Waals surface area contributed by atoms with Crippen molar-refractivity contribution >= 4 is 30.4 Å². The lowest BCUT2D eigenvalue weighted by atomic mass is 10.3. The van der Waals surface area contributed by atoms with Gasteiger partial charge in [-0.05, 0) is 6.92 Å². The van der Waals surface area contributed by atoms with E-state index in [0.29, 0.717) is 0 Å². The highest BCUT2D eigenvalue weighted by atomic mass is 32.1. The monoisotopic (exact) mass is 264 g/mol. The summed E-state index contributed by atoms with van der Waals surface area (Å²) in [7, 11) is 0. The van der Waals surface area contributed by atoms with Crippen LogP contribution in [0.15, 0.2) is 0 Å². The lowest BCUT2D eigenvalue weighted by Gasteiger charge is -2.14. The molecule has 0 aliphatic rings. The maximum absolute atomic E-state index is 11.5. The van der Waals surface area contributed by atoms with Gasteiger partial charge >= 0.3 is 5.97 Å². The Labute approximate surface area is 105 Å². The fourth-order valence-electron chi connectivity index (χ4n) is 0.876. The van der Waals surface area contributed by atoms with E-state index >= 15 is 0 Å². The van der Waals surface area contributed by atoms with Gasteiger partial charge in [-0.15, -0.1) is 0 Å². The van der Waals surface area contributed by atoms with Crippen molar-refractivity contribution in [3.8, 4) is 0 Å². The average Bonchev–Trinajstić information content (AvgIpc) is 2.29. The highest BCUT2D eigenvalue weighted by Crippen LogP contribution is 1.89. The molecule has 0 aromatic heterocycles. The molecule has 0 radical (unpaired) electrons. The van der Waals surface area contributed by atoms with Gasteiger partial charge in [0.25, 0.3) is 0 Å². The van der Waals surface area contributed by atoms with E-state index in [1.54, 1.807) is 6.92 Å². The van der Waals surface area contributed by atoms with Crippen molar-refractivity contribution in [2.24, 2.45) is 0 Å². The van der Waals surface area contributed by atoms with Crippen molar-refractivity contribution in [1.82, 2.24) is 10.6 Å². The maximum atomic E-state index is 11.5. The van der Waals surface area contributed by atoms with Crippen LogP contribution < -0.4 is 10.6 Å². The molecule has 0 heterocycles. The van der Waals surface area contributed by atoms with Gasteiger partial charge in [-0.25, -0.2) is 4.79 Å². The highest BCUT2D eigenvalue weighted by molar-refractivity contribution is 7.80. The lowest BCUT2D eigenvalue weighted by Crippen LogP contribution is -2.48. The lowest BCUT2D eigenvalue weighted by molar-refractivity contribution is -0.268. The largest absolute Gasteiger partial charge is 0.361 e. The summed E-state index contributed by atoms with van der Waals surface area (Å²) in [4.78, 5) is 41.9. The Morgan fingerprint density at radius 1 is 1.35 bits per heavy atom. The van der Waals surface area contributed by atoms with E-state index in [1.165, 1.54) is 6.92 Å². The summed E-state index contributed by atoms with van der Waals surface area (Å²) in [6, 6.07) is -0.782. The Balaban J connectivity index is 3.97. The van der Waals surface area contributed by atoms with Crippen LogP contribution in [-0.4, -0.2) is 42.7 Å². The molecule has 0 unspecified atom stereocenters. The summed E-state index contributed by atoms with van der Waals surface area (Å²) in [5, 5.41) is 4.68. The molecule has 0 aromatic rings. The molecular weight excluding hydrogens is 248 g/mol. The number of carbonyl (C=O) groups excluding carboxylic acids is 3. The second kappa shape index (κ2) is 8.82. The first-order chi connectivity index (χ1) is 8.01. The van der Waals surface area contributed by atoms with Crippen LogP contribution in [0.2, 0.25) is 0 Å². The van der Waals surface area contributed by atoms with Crippen molar-refractivity contribution in [2.75, 3.05) is 18.9 Å². The predicted octanol–water partition coefficient (Wildman–Crippen LogP) is -0.968. The molecule has 17 heavy (non-hydrogen) atoms. The van der Waals surface area contributed by atoms with Gasteiger partial charge in [-0.2, -0.15) is 17.5 Å². The molecule has 0 aliphatic carbocycles. The third-order valence-corrected chi connectivity index (χ3v) is 1.92. The summed E-state index contributed by atoms with van der Waals surface area (Å²) in [5.41, 5.74) is 0. The summed E-state index contributed by atoms with van der Waals surface area (Å²) < 4.78 is 0. The van der Waals surface area contributed by atoms with Crippen LogP contribution in [0.1, 0.15) is 13.8 Å². The molecule has 0 spiro atoms. The highest BCUT2D eigenvalue weighted by Gasteiger charge is 2.18. The smallest absolute Gasteiger partial charge is 0.344 e. The zero-order valence-corrected chi connectivity index (χ0v) is 10.6. The van der Waals surface area contributed by atoms with Gasteiger partial charge in [-0.1, -0.05) is 0 Å². The molecule has 2 N–H and O–H groups in total. The van der Waals surface area contributed by atoms with E-state index in [2.05, 4.69) is 33.0 Å². The molecule has 0 aromatic carbocycles. The molecule has 0 bridgehead atoms. The Bertz CT molecular complexity index is 285. The minimum atomic E-state index is -0.782. The van der Waals surface area contributed by atoms with Gasteiger partial charge in [0, 0.05) is 12.7 Å². The second-order valence-corrected chi connectivity index (χ2v) is 3.38. The number of thiol groups is 1. The third-order valence-electron chi connectivity index (χ3n) is 1.55. The van der Waals surface area contributed by atoms with Crippen molar-refractivity contribution in [3.05, 3.63) is 0 Å². The molecule has 8 heteroatoms. The zero-order valence-electron chi connectivity index (χ0n) is 9.69. The molecule has 0 saturated carbocycles. The van der Waals surface area contributed by atoms with Crippen molar-refractivity contribution < 1.29 is 24.2 Å². The summed E-state index contributed by atoms with van der Waals surface area (Å²) in [5.74, 6) is -1.45. The zero-order chi connectivity index (χ0) is 13.3. The van der Waals surface area contributed by atoms with Gasteiger partial charge in [0.1, 0.15) is 12.6 Å². The molecule has 98 valence electrons. The first-order valence-corrected chi connectivity index (χ1v) is 5.62. The average molecular weight is 264 g/mol. The van der Waals surface area contributed by atoms with E-state index in [9.17, 15) is 14.4 Å². The molecule has 0 saturated heterocycles. The Morgan fingerprint density at radius 2 is 2.00 bits per heavy atom. The predicted molar refractivity (Wildman–Crippen MR) is 62.2 cm³/mol. The van der Waals surface area contributed by atoms with Crippen LogP contribution in [0, 0.1) is 0 Å². The maximum Gasteiger partial charge on any atom is 0.361 e. The second-order valence-electron chi connectivity index (χ2n) is 3.02.